The van der Waals surface area contributed by atoms with Gasteiger partial charge in [-0.25, -0.2) is 14.8 Å². The molecule has 122 valence electrons. The Hall–Kier alpha value is -2.44. The van der Waals surface area contributed by atoms with Gasteiger partial charge in [-0.1, -0.05) is 0 Å². The molecule has 1 amide bonds. The summed E-state index contributed by atoms with van der Waals surface area (Å²) in [5, 5.41) is 13.7. The van der Waals surface area contributed by atoms with Gasteiger partial charge in [-0.2, -0.15) is 0 Å². The largest absolute Gasteiger partial charge is 0.441 e. The fraction of sp³-hybridized carbons (Fsp3) is 0.500. The van der Waals surface area contributed by atoms with Crippen molar-refractivity contribution in [2.75, 3.05) is 18.4 Å². The summed E-state index contributed by atoms with van der Waals surface area (Å²) in [6.07, 6.45) is 5.22. The number of carbonyl (C=O) groups excluding carboxylic acids is 1. The highest BCUT2D eigenvalue weighted by Gasteiger charge is 2.42. The molecule has 1 aliphatic carbocycles. The van der Waals surface area contributed by atoms with Crippen molar-refractivity contribution in [1.82, 2.24) is 10.3 Å². The second-order valence-electron chi connectivity index (χ2n) is 6.19. The first kappa shape index (κ1) is 15.5. The van der Waals surface area contributed by atoms with Gasteiger partial charge in [0.05, 0.1) is 6.54 Å². The maximum absolute atomic E-state index is 11.2. The standard InChI is InChI=1S/C16H21N5O2/c1-18-14(17)12-2-3-13(20-9-12)19-8-11-4-6-16(7-5-11)10-21-15(22)23-16/h2-3,9,11,17H,1,4-8,10H2,(H,19,20)(H,21,22). The number of hydrogen-bond acceptors (Lipinski definition) is 5. The average Bonchev–Trinajstić information content (AvgIpc) is 2.95. The highest BCUT2D eigenvalue weighted by molar-refractivity contribution is 5.98. The third-order valence-electron chi connectivity index (χ3n) is 4.65. The number of carbonyl (C=O) groups is 1. The van der Waals surface area contributed by atoms with Gasteiger partial charge in [-0.05, 0) is 50.5 Å². The predicted octanol–water partition coefficient (Wildman–Crippen LogP) is 2.19. The van der Waals surface area contributed by atoms with Gasteiger partial charge in [0.1, 0.15) is 11.4 Å². The molecule has 0 bridgehead atoms. The second kappa shape index (κ2) is 6.36. The normalized spacial score (nSPS) is 26.4. The lowest BCUT2D eigenvalue weighted by molar-refractivity contribution is 0.0148. The van der Waals surface area contributed by atoms with Crippen LogP contribution in [0, 0.1) is 11.3 Å². The van der Waals surface area contributed by atoms with Crippen molar-refractivity contribution in [3.05, 3.63) is 23.9 Å². The molecular formula is C16H21N5O2. The van der Waals surface area contributed by atoms with Crippen LogP contribution in [0.15, 0.2) is 23.3 Å². The van der Waals surface area contributed by atoms with Crippen LogP contribution in [0.5, 0.6) is 0 Å². The smallest absolute Gasteiger partial charge is 0.407 e. The summed E-state index contributed by atoms with van der Waals surface area (Å²) in [6, 6.07) is 3.66. The molecule has 2 heterocycles. The lowest BCUT2D eigenvalue weighted by Gasteiger charge is -2.34. The van der Waals surface area contributed by atoms with E-state index in [0.29, 0.717) is 18.0 Å². The topological polar surface area (TPSA) is 99.5 Å². The molecule has 2 fully saturated rings. The molecule has 0 aromatic carbocycles. The van der Waals surface area contributed by atoms with Crippen molar-refractivity contribution >= 4 is 24.5 Å². The third kappa shape index (κ3) is 3.49. The van der Waals surface area contributed by atoms with Gasteiger partial charge in [-0.3, -0.25) is 5.41 Å². The van der Waals surface area contributed by atoms with Crippen LogP contribution >= 0.6 is 0 Å². The highest BCUT2D eigenvalue weighted by Crippen LogP contribution is 2.36. The summed E-state index contributed by atoms with van der Waals surface area (Å²) in [5.74, 6) is 1.47. The number of nitrogens with zero attached hydrogens (tertiary/aromatic N) is 2. The van der Waals surface area contributed by atoms with Crippen LogP contribution in [0.3, 0.4) is 0 Å². The second-order valence-corrected chi connectivity index (χ2v) is 6.19. The molecule has 1 aromatic rings. The Bertz CT molecular complexity index is 605. The van der Waals surface area contributed by atoms with Gasteiger partial charge >= 0.3 is 6.09 Å². The zero-order chi connectivity index (χ0) is 16.3. The van der Waals surface area contributed by atoms with Crippen LogP contribution in [0.4, 0.5) is 10.6 Å². The lowest BCUT2D eigenvalue weighted by atomic mass is 9.79. The van der Waals surface area contributed by atoms with Crippen LogP contribution < -0.4 is 10.6 Å². The third-order valence-corrected chi connectivity index (χ3v) is 4.65. The minimum Gasteiger partial charge on any atom is -0.441 e. The van der Waals surface area contributed by atoms with Gasteiger partial charge < -0.3 is 15.4 Å². The van der Waals surface area contributed by atoms with Gasteiger partial charge in [0, 0.05) is 18.3 Å². The fourth-order valence-electron chi connectivity index (χ4n) is 3.17. The van der Waals surface area contributed by atoms with E-state index in [9.17, 15) is 4.79 Å². The Morgan fingerprint density at radius 2 is 2.30 bits per heavy atom. The van der Waals surface area contributed by atoms with Gasteiger partial charge in [0.15, 0.2) is 5.84 Å². The van der Waals surface area contributed by atoms with E-state index in [-0.39, 0.29) is 17.5 Å². The van der Waals surface area contributed by atoms with Crippen molar-refractivity contribution in [2.24, 2.45) is 10.9 Å². The minimum absolute atomic E-state index is 0.126. The van der Waals surface area contributed by atoms with E-state index in [4.69, 9.17) is 10.1 Å². The number of hydrogen-bond donors (Lipinski definition) is 3. The van der Waals surface area contributed by atoms with Gasteiger partial charge in [0.25, 0.3) is 0 Å². The number of ether oxygens (including phenoxy) is 1. The van der Waals surface area contributed by atoms with Crippen LogP contribution in [0.2, 0.25) is 0 Å². The number of anilines is 1. The van der Waals surface area contributed by atoms with Crippen LogP contribution in [-0.2, 0) is 4.74 Å². The summed E-state index contributed by atoms with van der Waals surface area (Å²) in [7, 11) is 0. The molecule has 1 saturated carbocycles. The number of aliphatic imine (C=N–C) groups is 1. The fourth-order valence-corrected chi connectivity index (χ4v) is 3.17. The zero-order valence-corrected chi connectivity index (χ0v) is 13.0. The monoisotopic (exact) mass is 315 g/mol. The Kier molecular flexibility index (Phi) is 4.27. The lowest BCUT2D eigenvalue weighted by Crippen LogP contribution is -2.38. The number of nitrogens with one attached hydrogen (secondary N) is 3. The van der Waals surface area contributed by atoms with Crippen molar-refractivity contribution in [2.45, 2.75) is 31.3 Å². The van der Waals surface area contributed by atoms with E-state index >= 15 is 0 Å². The zero-order valence-electron chi connectivity index (χ0n) is 13.0. The summed E-state index contributed by atoms with van der Waals surface area (Å²) in [6.45, 7) is 4.82. The molecule has 0 unspecified atom stereocenters. The number of pyridine rings is 1. The molecule has 0 atom stereocenters. The number of amides is 1. The minimum atomic E-state index is -0.287. The number of aromatic nitrogens is 1. The molecule has 1 aromatic heterocycles. The van der Waals surface area contributed by atoms with Gasteiger partial charge in [0.2, 0.25) is 0 Å². The Labute approximate surface area is 135 Å². The van der Waals surface area contributed by atoms with E-state index in [1.54, 1.807) is 6.20 Å². The Morgan fingerprint density at radius 3 is 2.87 bits per heavy atom. The molecule has 3 rings (SSSR count). The molecule has 1 aliphatic heterocycles. The first-order valence-electron chi connectivity index (χ1n) is 7.83. The van der Waals surface area contributed by atoms with Gasteiger partial charge in [-0.15, -0.1) is 0 Å². The first-order chi connectivity index (χ1) is 11.1. The van der Waals surface area contributed by atoms with E-state index in [0.717, 1.165) is 38.0 Å². The van der Waals surface area contributed by atoms with Crippen molar-refractivity contribution < 1.29 is 9.53 Å². The molecule has 0 radical (unpaired) electrons. The van der Waals surface area contributed by atoms with E-state index in [2.05, 4.69) is 27.3 Å². The van der Waals surface area contributed by atoms with Crippen molar-refractivity contribution in [3.8, 4) is 0 Å². The maximum atomic E-state index is 11.2. The number of rotatable bonds is 4. The van der Waals surface area contributed by atoms with E-state index in [1.807, 2.05) is 12.1 Å². The van der Waals surface area contributed by atoms with Crippen LogP contribution in [0.1, 0.15) is 31.2 Å². The quantitative estimate of drug-likeness (QED) is 0.586. The Balaban J connectivity index is 1.47. The summed E-state index contributed by atoms with van der Waals surface area (Å²) >= 11 is 0. The van der Waals surface area contributed by atoms with E-state index in [1.165, 1.54) is 0 Å². The average molecular weight is 315 g/mol. The molecule has 2 aliphatic rings. The molecule has 1 saturated heterocycles. The molecule has 3 N–H and O–H groups in total. The first-order valence-corrected chi connectivity index (χ1v) is 7.83. The molecule has 7 heteroatoms. The van der Waals surface area contributed by atoms with Crippen molar-refractivity contribution in [3.63, 3.8) is 0 Å². The highest BCUT2D eigenvalue weighted by atomic mass is 16.6. The molecular weight excluding hydrogens is 294 g/mol. The summed E-state index contributed by atoms with van der Waals surface area (Å²) < 4.78 is 5.43. The number of amidine groups is 1. The number of alkyl carbamates (subject to hydrolysis) is 1. The Morgan fingerprint density at radius 1 is 1.52 bits per heavy atom. The molecule has 7 nitrogen and oxygen atoms in total. The predicted molar refractivity (Wildman–Crippen MR) is 88.3 cm³/mol. The molecule has 23 heavy (non-hydrogen) atoms. The van der Waals surface area contributed by atoms with E-state index < -0.39 is 0 Å². The summed E-state index contributed by atoms with van der Waals surface area (Å²) in [4.78, 5) is 19.1. The summed E-state index contributed by atoms with van der Waals surface area (Å²) in [5.41, 5.74) is 0.381. The van der Waals surface area contributed by atoms with Crippen LogP contribution in [0.25, 0.3) is 0 Å². The van der Waals surface area contributed by atoms with Crippen molar-refractivity contribution in [1.29, 1.82) is 5.41 Å². The maximum Gasteiger partial charge on any atom is 0.407 e. The molecule has 1 spiro atoms. The SMILES string of the molecule is C=NC(=N)c1ccc(NCC2CCC3(CC2)CNC(=O)O3)nc1. The van der Waals surface area contributed by atoms with Crippen LogP contribution in [-0.4, -0.2) is 42.3 Å².